The molecule has 1 rings (SSSR count). The highest BCUT2D eigenvalue weighted by atomic mass is 35.7. The Labute approximate surface area is 68.5 Å². The summed E-state index contributed by atoms with van der Waals surface area (Å²) in [6.07, 6.45) is 0. The van der Waals surface area contributed by atoms with Gasteiger partial charge in [-0.1, -0.05) is 30.3 Å². The van der Waals surface area contributed by atoms with Gasteiger partial charge in [0, 0.05) is 0 Å². The molecule has 0 aliphatic heterocycles. The smallest absolute Gasteiger partial charge is 0.178 e. The van der Waals surface area contributed by atoms with Crippen molar-refractivity contribution >= 4 is 21.7 Å². The van der Waals surface area contributed by atoms with Crippen molar-refractivity contribution < 1.29 is 5.11 Å². The van der Waals surface area contributed by atoms with Crippen LogP contribution in [-0.4, -0.2) is 0 Å². The van der Waals surface area contributed by atoms with Crippen LogP contribution in [0, 0.1) is 0 Å². The van der Waals surface area contributed by atoms with Crippen molar-refractivity contribution in [3.8, 4) is 0 Å². The van der Waals surface area contributed by atoms with E-state index in [1.807, 2.05) is 18.2 Å². The minimum absolute atomic E-state index is 0.725. The van der Waals surface area contributed by atoms with Gasteiger partial charge in [-0.2, -0.15) is 0 Å². The fourth-order valence-corrected chi connectivity index (χ4v) is 1.23. The lowest BCUT2D eigenvalue weighted by atomic mass is 10.2. The van der Waals surface area contributed by atoms with E-state index >= 15 is 0 Å². The molecule has 0 aliphatic carbocycles. The van der Waals surface area contributed by atoms with Crippen LogP contribution in [0.2, 0.25) is 0 Å². The fraction of sp³-hybridized carbons (Fsp3) is 0.143. The molecule has 3 heteroatoms. The van der Waals surface area contributed by atoms with E-state index in [9.17, 15) is 5.11 Å². The molecule has 0 N–H and O–H groups in total. The summed E-state index contributed by atoms with van der Waals surface area (Å²) < 4.78 is 0. The average molecular weight is 174 g/mol. The molecule has 0 aliphatic rings. The number of rotatable bonds is 2. The topological polar surface area (TPSA) is 19.9 Å². The second-order valence-corrected chi connectivity index (χ2v) is 2.97. The van der Waals surface area contributed by atoms with Gasteiger partial charge in [0.2, 0.25) is 0 Å². The maximum atomic E-state index is 10.9. The van der Waals surface area contributed by atoms with E-state index in [1.165, 1.54) is 0 Å². The van der Waals surface area contributed by atoms with Gasteiger partial charge in [0.1, 0.15) is 0 Å². The van der Waals surface area contributed by atoms with Crippen LogP contribution in [0.3, 0.4) is 0 Å². The summed E-state index contributed by atoms with van der Waals surface area (Å²) in [4.78, 5) is 0. The van der Waals surface area contributed by atoms with Gasteiger partial charge in [0.05, 0.1) is 0 Å². The van der Waals surface area contributed by atoms with Crippen LogP contribution in [0.15, 0.2) is 30.3 Å². The van der Waals surface area contributed by atoms with Gasteiger partial charge in [-0.25, -0.2) is 5.11 Å². The molecule has 1 unspecified atom stereocenters. The lowest BCUT2D eigenvalue weighted by molar-refractivity contribution is 0.169. The zero-order chi connectivity index (χ0) is 7.40. The Bertz CT molecular complexity index is 190. The van der Waals surface area contributed by atoms with Gasteiger partial charge >= 0.3 is 0 Å². The predicted molar refractivity (Wildman–Crippen MR) is 43.3 cm³/mol. The summed E-state index contributed by atoms with van der Waals surface area (Å²) in [5.74, 6) is 0. The Hall–Kier alpha value is -0.180. The molecule has 1 radical (unpaired) electrons. The van der Waals surface area contributed by atoms with Gasteiger partial charge in [0.25, 0.3) is 0 Å². The molecule has 0 saturated carbocycles. The SMILES string of the molecule is [O]C(SCl)c1ccccc1. The van der Waals surface area contributed by atoms with E-state index in [0.717, 1.165) is 16.5 Å². The molecule has 1 atom stereocenters. The summed E-state index contributed by atoms with van der Waals surface area (Å²) in [5.41, 5.74) is -0.134. The monoisotopic (exact) mass is 173 g/mol. The van der Waals surface area contributed by atoms with Crippen molar-refractivity contribution in [3.63, 3.8) is 0 Å². The largest absolute Gasteiger partial charge is 0.215 e. The first-order chi connectivity index (χ1) is 4.84. The zero-order valence-corrected chi connectivity index (χ0v) is 6.73. The van der Waals surface area contributed by atoms with Crippen LogP contribution in [0.1, 0.15) is 11.0 Å². The Kier molecular flexibility index (Phi) is 3.06. The molecule has 53 valence electrons. The highest BCUT2D eigenvalue weighted by Gasteiger charge is 2.05. The Morgan fingerprint density at radius 2 is 1.90 bits per heavy atom. The van der Waals surface area contributed by atoms with E-state index in [-0.39, 0.29) is 0 Å². The van der Waals surface area contributed by atoms with Crippen LogP contribution in [-0.2, 0) is 5.11 Å². The number of benzene rings is 1. The molecule has 1 nitrogen and oxygen atoms in total. The van der Waals surface area contributed by atoms with Gasteiger partial charge < -0.3 is 0 Å². The van der Waals surface area contributed by atoms with E-state index < -0.39 is 5.44 Å². The minimum Gasteiger partial charge on any atom is -0.215 e. The minimum atomic E-state index is -0.858. The Morgan fingerprint density at radius 1 is 1.30 bits per heavy atom. The summed E-state index contributed by atoms with van der Waals surface area (Å²) in [6, 6.07) is 9.07. The van der Waals surface area contributed by atoms with Crippen LogP contribution in [0.5, 0.6) is 0 Å². The van der Waals surface area contributed by atoms with Gasteiger partial charge in [-0.05, 0) is 27.2 Å². The normalized spacial score (nSPS) is 13.0. The van der Waals surface area contributed by atoms with Crippen molar-refractivity contribution in [1.82, 2.24) is 0 Å². The third kappa shape index (κ3) is 1.90. The predicted octanol–water partition coefficient (Wildman–Crippen LogP) is 3.00. The van der Waals surface area contributed by atoms with Crippen LogP contribution < -0.4 is 0 Å². The molecule has 0 heterocycles. The lowest BCUT2D eigenvalue weighted by Gasteiger charge is -2.00. The first kappa shape index (κ1) is 7.92. The summed E-state index contributed by atoms with van der Waals surface area (Å²) in [7, 11) is 6.09. The molecule has 10 heavy (non-hydrogen) atoms. The maximum Gasteiger partial charge on any atom is 0.178 e. The third-order valence-corrected chi connectivity index (χ3v) is 2.07. The first-order valence-corrected chi connectivity index (χ1v) is 4.53. The molecule has 0 amide bonds. The summed E-state index contributed by atoms with van der Waals surface area (Å²) >= 11 is 0. The highest BCUT2D eigenvalue weighted by Crippen LogP contribution is 2.28. The zero-order valence-electron chi connectivity index (χ0n) is 5.16. The van der Waals surface area contributed by atoms with Crippen molar-refractivity contribution in [1.29, 1.82) is 0 Å². The maximum absolute atomic E-state index is 10.9. The molecule has 0 saturated heterocycles. The number of hydrogen-bond acceptors (Lipinski definition) is 1. The molecule has 0 bridgehead atoms. The standard InChI is InChI=1S/C7H6ClOS/c8-10-7(9)6-4-2-1-3-5-6/h1-5,7H. The molecular formula is C7H6ClOS. The molecule has 0 aromatic heterocycles. The number of hydrogen-bond donors (Lipinski definition) is 0. The third-order valence-electron chi connectivity index (χ3n) is 1.15. The summed E-state index contributed by atoms with van der Waals surface area (Å²) in [6.45, 7) is 0. The first-order valence-electron chi connectivity index (χ1n) is 2.83. The quantitative estimate of drug-likeness (QED) is 0.630. The Balaban J connectivity index is 2.75. The van der Waals surface area contributed by atoms with E-state index in [2.05, 4.69) is 0 Å². The van der Waals surface area contributed by atoms with Crippen molar-refractivity contribution in [2.45, 2.75) is 5.44 Å². The summed E-state index contributed by atoms with van der Waals surface area (Å²) in [5, 5.41) is 10.9. The molecular weight excluding hydrogens is 168 g/mol. The molecule has 1 aromatic rings. The van der Waals surface area contributed by atoms with E-state index in [4.69, 9.17) is 10.7 Å². The fourth-order valence-electron chi connectivity index (χ4n) is 0.662. The molecule has 1 aromatic carbocycles. The highest BCUT2D eigenvalue weighted by molar-refractivity contribution is 8.21. The van der Waals surface area contributed by atoms with Crippen molar-refractivity contribution in [3.05, 3.63) is 35.9 Å². The van der Waals surface area contributed by atoms with Gasteiger partial charge in [-0.15, -0.1) is 0 Å². The van der Waals surface area contributed by atoms with E-state index in [0.29, 0.717) is 0 Å². The van der Waals surface area contributed by atoms with Crippen LogP contribution >= 0.6 is 21.7 Å². The average Bonchev–Trinajstić information content (AvgIpc) is 2.05. The molecule has 0 fully saturated rings. The lowest BCUT2D eigenvalue weighted by Crippen LogP contribution is -1.85. The van der Waals surface area contributed by atoms with Gasteiger partial charge in [-0.3, -0.25) is 0 Å². The van der Waals surface area contributed by atoms with Crippen molar-refractivity contribution in [2.24, 2.45) is 0 Å². The van der Waals surface area contributed by atoms with Gasteiger partial charge in [0.15, 0.2) is 5.44 Å². The van der Waals surface area contributed by atoms with Crippen LogP contribution in [0.25, 0.3) is 0 Å². The second-order valence-electron chi connectivity index (χ2n) is 1.83. The molecule has 0 spiro atoms. The van der Waals surface area contributed by atoms with E-state index in [1.54, 1.807) is 12.1 Å². The second kappa shape index (κ2) is 3.86. The number of halogens is 1. The Morgan fingerprint density at radius 3 is 2.40 bits per heavy atom. The van der Waals surface area contributed by atoms with Crippen molar-refractivity contribution in [2.75, 3.05) is 0 Å². The van der Waals surface area contributed by atoms with Crippen LogP contribution in [0.4, 0.5) is 0 Å².